The van der Waals surface area contributed by atoms with Crippen LogP contribution in [0, 0.1) is 5.92 Å². The molecular formula is C30H31BrN2O4. The molecule has 0 unspecified atom stereocenters. The Morgan fingerprint density at radius 1 is 1.05 bits per heavy atom. The summed E-state index contributed by atoms with van der Waals surface area (Å²) in [6.45, 7) is 1.19. The molecule has 1 aliphatic heterocycles. The van der Waals surface area contributed by atoms with Crippen molar-refractivity contribution in [1.82, 2.24) is 5.32 Å². The summed E-state index contributed by atoms with van der Waals surface area (Å²) in [6.07, 6.45) is 2.71. The lowest BCUT2D eigenvalue weighted by atomic mass is 9.82. The maximum atomic E-state index is 14.0. The zero-order valence-corrected chi connectivity index (χ0v) is 22.2. The van der Waals surface area contributed by atoms with Crippen molar-refractivity contribution in [3.63, 3.8) is 0 Å². The van der Waals surface area contributed by atoms with E-state index in [1.165, 1.54) is 0 Å². The Morgan fingerprint density at radius 2 is 1.78 bits per heavy atom. The molecular weight excluding hydrogens is 532 g/mol. The van der Waals surface area contributed by atoms with Crippen LogP contribution in [0.1, 0.15) is 42.1 Å². The first-order valence-electron chi connectivity index (χ1n) is 12.8. The number of hydrogen-bond acceptors (Lipinski definition) is 5. The lowest BCUT2D eigenvalue weighted by Crippen LogP contribution is -2.50. The van der Waals surface area contributed by atoms with Crippen LogP contribution in [0.25, 0.3) is 0 Å². The molecule has 1 amide bonds. The van der Waals surface area contributed by atoms with E-state index in [-0.39, 0.29) is 12.5 Å². The van der Waals surface area contributed by atoms with Gasteiger partial charge in [0, 0.05) is 36.0 Å². The molecule has 3 aromatic carbocycles. The topological polar surface area (TPSA) is 80.2 Å². The molecule has 0 bridgehead atoms. The molecule has 0 radical (unpaired) electrons. The van der Waals surface area contributed by atoms with E-state index in [0.29, 0.717) is 43.6 Å². The number of carbonyl (C=O) groups is 1. The molecule has 2 atom stereocenters. The number of benzene rings is 3. The number of rotatable bonds is 11. The SMILES string of the molecule is O=C(NCC1CC1)[C@]1(Cc2ccccc2)N=C(c2ccc(OCCCO)cc2)O[C@@H]1c1ccc(Br)cc1. The summed E-state index contributed by atoms with van der Waals surface area (Å²) in [4.78, 5) is 19.0. The van der Waals surface area contributed by atoms with E-state index in [2.05, 4.69) is 21.2 Å². The predicted molar refractivity (Wildman–Crippen MR) is 147 cm³/mol. The van der Waals surface area contributed by atoms with Crippen molar-refractivity contribution >= 4 is 27.7 Å². The molecule has 0 spiro atoms. The van der Waals surface area contributed by atoms with Crippen LogP contribution in [0.5, 0.6) is 5.75 Å². The Balaban J connectivity index is 1.52. The minimum absolute atomic E-state index is 0.0898. The second-order valence-corrected chi connectivity index (χ2v) is 10.6. The van der Waals surface area contributed by atoms with Crippen molar-refractivity contribution in [2.75, 3.05) is 19.8 Å². The second kappa shape index (κ2) is 11.5. The average Bonchev–Trinajstić information content (AvgIpc) is 3.68. The van der Waals surface area contributed by atoms with Crippen molar-refractivity contribution in [3.05, 3.63) is 100 Å². The fourth-order valence-electron chi connectivity index (χ4n) is 4.54. The van der Waals surface area contributed by atoms with E-state index in [0.717, 1.165) is 34.0 Å². The zero-order chi connectivity index (χ0) is 25.7. The molecule has 1 fully saturated rings. The Kier molecular flexibility index (Phi) is 7.91. The number of nitrogens with zero attached hydrogens (tertiary/aromatic N) is 1. The van der Waals surface area contributed by atoms with Crippen LogP contribution in [0.15, 0.2) is 88.3 Å². The van der Waals surface area contributed by atoms with Gasteiger partial charge in [-0.2, -0.15) is 0 Å². The van der Waals surface area contributed by atoms with Crippen LogP contribution >= 0.6 is 15.9 Å². The molecule has 0 saturated heterocycles. The predicted octanol–water partition coefficient (Wildman–Crippen LogP) is 5.24. The van der Waals surface area contributed by atoms with Gasteiger partial charge in [0.15, 0.2) is 11.6 Å². The molecule has 7 heteroatoms. The van der Waals surface area contributed by atoms with Gasteiger partial charge in [-0.25, -0.2) is 4.99 Å². The number of halogens is 1. The van der Waals surface area contributed by atoms with E-state index in [1.54, 1.807) is 0 Å². The van der Waals surface area contributed by atoms with Gasteiger partial charge in [0.2, 0.25) is 5.90 Å². The molecule has 6 nitrogen and oxygen atoms in total. The maximum Gasteiger partial charge on any atom is 0.252 e. The minimum atomic E-state index is -1.16. The molecule has 37 heavy (non-hydrogen) atoms. The van der Waals surface area contributed by atoms with Crippen LogP contribution < -0.4 is 10.1 Å². The van der Waals surface area contributed by atoms with Crippen LogP contribution in [0.2, 0.25) is 0 Å². The third-order valence-corrected chi connectivity index (χ3v) is 7.30. The Bertz CT molecular complexity index is 1230. The number of nitrogens with one attached hydrogen (secondary N) is 1. The van der Waals surface area contributed by atoms with Gasteiger partial charge in [-0.3, -0.25) is 4.79 Å². The summed E-state index contributed by atoms with van der Waals surface area (Å²) < 4.78 is 13.2. The number of hydrogen-bond donors (Lipinski definition) is 2. The van der Waals surface area contributed by atoms with Crippen molar-refractivity contribution in [1.29, 1.82) is 0 Å². The molecule has 2 N–H and O–H groups in total. The van der Waals surface area contributed by atoms with Crippen LogP contribution in [-0.4, -0.2) is 42.2 Å². The van der Waals surface area contributed by atoms with E-state index in [9.17, 15) is 4.79 Å². The standard InChI is InChI=1S/C30H31BrN2O4/c31-25-13-9-23(10-14-25)27-30(19-21-5-2-1-3-6-21,29(35)32-20-22-7-8-22)33-28(37-27)24-11-15-26(16-12-24)36-18-4-17-34/h1-3,5-6,9-16,22,27,34H,4,7-8,17-20H2,(H,32,35)/t27-,30-/m1/s1. The quantitative estimate of drug-likeness (QED) is 0.313. The van der Waals surface area contributed by atoms with Gasteiger partial charge in [-0.1, -0.05) is 58.4 Å². The van der Waals surface area contributed by atoms with Crippen LogP contribution in [-0.2, 0) is 16.0 Å². The first-order valence-corrected chi connectivity index (χ1v) is 13.5. The van der Waals surface area contributed by atoms with E-state index >= 15 is 0 Å². The summed E-state index contributed by atoms with van der Waals surface area (Å²) in [6, 6.07) is 25.4. The van der Waals surface area contributed by atoms with Crippen molar-refractivity contribution in [2.24, 2.45) is 10.9 Å². The summed E-state index contributed by atoms with van der Waals surface area (Å²) in [5, 5.41) is 12.2. The van der Waals surface area contributed by atoms with Crippen LogP contribution in [0.3, 0.4) is 0 Å². The first-order chi connectivity index (χ1) is 18.1. The Labute approximate surface area is 225 Å². The third-order valence-electron chi connectivity index (χ3n) is 6.77. The molecule has 1 saturated carbocycles. The Hall–Kier alpha value is -3.16. The lowest BCUT2D eigenvalue weighted by Gasteiger charge is -2.31. The Morgan fingerprint density at radius 3 is 2.46 bits per heavy atom. The molecule has 1 heterocycles. The summed E-state index contributed by atoms with van der Waals surface area (Å²) in [5.74, 6) is 1.58. The monoisotopic (exact) mass is 562 g/mol. The van der Waals surface area contributed by atoms with Gasteiger partial charge in [0.05, 0.1) is 6.61 Å². The highest BCUT2D eigenvalue weighted by molar-refractivity contribution is 9.10. The first kappa shape index (κ1) is 25.5. The molecule has 3 aromatic rings. The van der Waals surface area contributed by atoms with E-state index in [1.807, 2.05) is 78.9 Å². The second-order valence-electron chi connectivity index (χ2n) is 9.66. The summed E-state index contributed by atoms with van der Waals surface area (Å²) in [7, 11) is 0. The maximum absolute atomic E-state index is 14.0. The molecule has 1 aliphatic carbocycles. The minimum Gasteiger partial charge on any atom is -0.494 e. The number of aliphatic imine (C=N–C) groups is 1. The lowest BCUT2D eigenvalue weighted by molar-refractivity contribution is -0.129. The molecule has 192 valence electrons. The van der Waals surface area contributed by atoms with Crippen molar-refractivity contribution < 1.29 is 19.4 Å². The van der Waals surface area contributed by atoms with E-state index < -0.39 is 11.6 Å². The van der Waals surface area contributed by atoms with Gasteiger partial charge in [-0.15, -0.1) is 0 Å². The fourth-order valence-corrected chi connectivity index (χ4v) is 4.80. The molecule has 5 rings (SSSR count). The fraction of sp³-hybridized carbons (Fsp3) is 0.333. The number of aliphatic hydroxyl groups excluding tert-OH is 1. The summed E-state index contributed by atoms with van der Waals surface area (Å²) >= 11 is 3.52. The largest absolute Gasteiger partial charge is 0.494 e. The van der Waals surface area contributed by atoms with Gasteiger partial charge in [0.1, 0.15) is 5.75 Å². The number of ether oxygens (including phenoxy) is 2. The van der Waals surface area contributed by atoms with Gasteiger partial charge in [0.25, 0.3) is 5.91 Å². The highest BCUT2D eigenvalue weighted by Crippen LogP contribution is 2.43. The number of aliphatic hydroxyl groups is 1. The van der Waals surface area contributed by atoms with E-state index in [4.69, 9.17) is 19.6 Å². The van der Waals surface area contributed by atoms with Gasteiger partial charge < -0.3 is 19.9 Å². The van der Waals surface area contributed by atoms with Gasteiger partial charge in [-0.05, 0) is 66.3 Å². The average molecular weight is 563 g/mol. The number of amides is 1. The molecule has 0 aromatic heterocycles. The zero-order valence-electron chi connectivity index (χ0n) is 20.6. The normalized spacial score (nSPS) is 20.7. The molecule has 2 aliphatic rings. The summed E-state index contributed by atoms with van der Waals surface area (Å²) in [5.41, 5.74) is 1.53. The van der Waals surface area contributed by atoms with Gasteiger partial charge >= 0.3 is 0 Å². The third kappa shape index (κ3) is 6.05. The van der Waals surface area contributed by atoms with Crippen LogP contribution in [0.4, 0.5) is 0 Å². The van der Waals surface area contributed by atoms with Crippen molar-refractivity contribution in [2.45, 2.75) is 37.3 Å². The van der Waals surface area contributed by atoms with Crippen molar-refractivity contribution in [3.8, 4) is 5.75 Å². The number of carbonyl (C=O) groups excluding carboxylic acids is 1. The highest BCUT2D eigenvalue weighted by Gasteiger charge is 2.53. The smallest absolute Gasteiger partial charge is 0.252 e. The highest BCUT2D eigenvalue weighted by atomic mass is 79.9.